The Bertz CT molecular complexity index is 1770. The molecule has 1 atom stereocenters. The molecule has 1 saturated heterocycles. The number of amides is 1. The lowest BCUT2D eigenvalue weighted by Gasteiger charge is -2.27. The third-order valence-corrected chi connectivity index (χ3v) is 6.81. The Morgan fingerprint density at radius 1 is 1.20 bits per heavy atom. The van der Waals surface area contributed by atoms with Gasteiger partial charge in [-0.05, 0) is 42.8 Å². The summed E-state index contributed by atoms with van der Waals surface area (Å²) in [7, 11) is 0. The van der Waals surface area contributed by atoms with Crippen LogP contribution in [-0.2, 0) is 24.4 Å². The van der Waals surface area contributed by atoms with Crippen LogP contribution in [0.25, 0.3) is 22.3 Å². The van der Waals surface area contributed by atoms with Gasteiger partial charge in [0.05, 0.1) is 53.8 Å². The van der Waals surface area contributed by atoms with Gasteiger partial charge in [-0.2, -0.15) is 10.4 Å². The number of aromatic nitrogens is 5. The molecule has 2 aromatic carbocycles. The number of ether oxygens (including phenoxy) is 2. The average Bonchev–Trinajstić information content (AvgIpc) is 3.54. The number of halogens is 1. The predicted molar refractivity (Wildman–Crippen MR) is 143 cm³/mol. The van der Waals surface area contributed by atoms with Gasteiger partial charge in [0, 0.05) is 35.6 Å². The van der Waals surface area contributed by atoms with Crippen molar-refractivity contribution in [2.75, 3.05) is 6.61 Å². The van der Waals surface area contributed by atoms with E-state index in [1.807, 2.05) is 18.3 Å². The molecule has 1 aliphatic rings. The zero-order valence-corrected chi connectivity index (χ0v) is 21.3. The number of fused-ring (bicyclic) bond motifs is 1. The Morgan fingerprint density at radius 2 is 2.08 bits per heavy atom. The van der Waals surface area contributed by atoms with Gasteiger partial charge < -0.3 is 19.8 Å². The third kappa shape index (κ3) is 5.12. The van der Waals surface area contributed by atoms with E-state index in [0.717, 1.165) is 35.4 Å². The number of imidazole rings is 1. The summed E-state index contributed by atoms with van der Waals surface area (Å²) >= 11 is 0. The summed E-state index contributed by atoms with van der Waals surface area (Å²) in [4.78, 5) is 21.1. The van der Waals surface area contributed by atoms with Crippen LogP contribution in [-0.4, -0.2) is 42.9 Å². The normalized spacial score (nSPS) is 14.6. The van der Waals surface area contributed by atoms with Crippen LogP contribution >= 0.6 is 0 Å². The molecule has 0 bridgehead atoms. The highest BCUT2D eigenvalue weighted by atomic mass is 19.1. The molecule has 2 N–H and O–H groups in total. The van der Waals surface area contributed by atoms with Crippen molar-refractivity contribution in [2.45, 2.75) is 32.2 Å². The van der Waals surface area contributed by atoms with Crippen LogP contribution in [0.2, 0.25) is 0 Å². The van der Waals surface area contributed by atoms with Gasteiger partial charge in [-0.25, -0.2) is 14.4 Å². The zero-order chi connectivity index (χ0) is 27.6. The first-order chi connectivity index (χ1) is 19.5. The number of nitriles is 1. The van der Waals surface area contributed by atoms with Crippen LogP contribution in [0, 0.1) is 17.1 Å². The number of benzene rings is 2. The largest absolute Gasteiger partial charge is 0.473 e. The van der Waals surface area contributed by atoms with Crippen LogP contribution in [0.1, 0.15) is 33.7 Å². The highest BCUT2D eigenvalue weighted by Crippen LogP contribution is 2.24. The van der Waals surface area contributed by atoms with Crippen molar-refractivity contribution in [3.63, 3.8) is 0 Å². The summed E-state index contributed by atoms with van der Waals surface area (Å²) in [6.45, 7) is 1.72. The molecule has 1 unspecified atom stereocenters. The number of primary amides is 1. The van der Waals surface area contributed by atoms with Crippen LogP contribution in [0.5, 0.6) is 5.88 Å². The fourth-order valence-electron chi connectivity index (χ4n) is 4.55. The molecule has 0 spiro atoms. The molecule has 40 heavy (non-hydrogen) atoms. The molecular weight excluding hydrogens is 513 g/mol. The minimum atomic E-state index is -0.503. The van der Waals surface area contributed by atoms with Crippen molar-refractivity contribution in [3.8, 4) is 23.2 Å². The zero-order valence-electron chi connectivity index (χ0n) is 21.3. The molecule has 10 nitrogen and oxygen atoms in total. The van der Waals surface area contributed by atoms with E-state index in [1.165, 1.54) is 12.1 Å². The summed E-state index contributed by atoms with van der Waals surface area (Å²) in [5.41, 5.74) is 9.51. The first-order valence-corrected chi connectivity index (χ1v) is 12.7. The van der Waals surface area contributed by atoms with Crippen molar-refractivity contribution < 1.29 is 18.7 Å². The highest BCUT2D eigenvalue weighted by Gasteiger charge is 2.22. The van der Waals surface area contributed by atoms with E-state index in [1.54, 1.807) is 47.3 Å². The van der Waals surface area contributed by atoms with Crippen molar-refractivity contribution in [3.05, 3.63) is 95.3 Å². The first kappa shape index (κ1) is 25.2. The minimum Gasteiger partial charge on any atom is -0.473 e. The van der Waals surface area contributed by atoms with Crippen molar-refractivity contribution in [1.82, 2.24) is 24.3 Å². The highest BCUT2D eigenvalue weighted by molar-refractivity contribution is 5.96. The van der Waals surface area contributed by atoms with Gasteiger partial charge in [0.25, 0.3) is 0 Å². The Labute approximate surface area is 228 Å². The molecule has 1 amide bonds. The van der Waals surface area contributed by atoms with Crippen molar-refractivity contribution in [1.29, 1.82) is 5.26 Å². The molecule has 5 aromatic rings. The van der Waals surface area contributed by atoms with Gasteiger partial charge >= 0.3 is 0 Å². The molecule has 0 aliphatic carbocycles. The van der Waals surface area contributed by atoms with Crippen LogP contribution in [0.3, 0.4) is 0 Å². The SMILES string of the molecule is N#Cc1ccc(COc2cccc(-c3cnn(Cc4nc5ccc(C(N)=O)cc5n4CC4CCO4)c3)n2)c(F)c1. The maximum absolute atomic E-state index is 14.2. The molecule has 0 radical (unpaired) electrons. The van der Waals surface area contributed by atoms with Crippen molar-refractivity contribution in [2.24, 2.45) is 5.73 Å². The third-order valence-electron chi connectivity index (χ3n) is 6.81. The van der Waals surface area contributed by atoms with Crippen LogP contribution < -0.4 is 10.5 Å². The first-order valence-electron chi connectivity index (χ1n) is 12.7. The smallest absolute Gasteiger partial charge is 0.248 e. The van der Waals surface area contributed by atoms with Gasteiger partial charge in [-0.15, -0.1) is 0 Å². The average molecular weight is 538 g/mol. The standard InChI is InChI=1S/C29H24FN7O3/c30-23-10-18(12-31)4-5-20(23)17-40-28-3-1-2-24(35-28)21-13-33-36(14-21)16-27-34-25-7-6-19(29(32)38)11-26(25)37(27)15-22-8-9-39-22/h1-7,10-11,13-14,22H,8-9,15-17H2,(H2,32,38). The molecule has 11 heteroatoms. The molecule has 3 aromatic heterocycles. The second-order valence-electron chi connectivity index (χ2n) is 9.48. The van der Waals surface area contributed by atoms with E-state index in [-0.39, 0.29) is 18.3 Å². The molecule has 1 aliphatic heterocycles. The van der Waals surface area contributed by atoms with E-state index in [0.29, 0.717) is 35.8 Å². The fraction of sp³-hybridized carbons (Fsp3) is 0.207. The molecular formula is C29H24FN7O3. The lowest BCUT2D eigenvalue weighted by molar-refractivity contribution is -0.0590. The number of rotatable bonds is 9. The Balaban J connectivity index is 1.21. The number of carbonyl (C=O) groups excluding carboxylic acids is 1. The predicted octanol–water partition coefficient (Wildman–Crippen LogP) is 3.82. The molecule has 200 valence electrons. The van der Waals surface area contributed by atoms with Gasteiger partial charge in [0.2, 0.25) is 11.8 Å². The second-order valence-corrected chi connectivity index (χ2v) is 9.48. The molecule has 4 heterocycles. The number of nitrogens with two attached hydrogens (primary N) is 1. The van der Waals surface area contributed by atoms with Crippen molar-refractivity contribution >= 4 is 16.9 Å². The topological polar surface area (TPSA) is 134 Å². The minimum absolute atomic E-state index is 0.0222. The second kappa shape index (κ2) is 10.6. The quantitative estimate of drug-likeness (QED) is 0.302. The molecule has 6 rings (SSSR count). The van der Waals surface area contributed by atoms with E-state index in [4.69, 9.17) is 25.5 Å². The molecule has 0 saturated carbocycles. The lowest BCUT2D eigenvalue weighted by Crippen LogP contribution is -2.32. The maximum Gasteiger partial charge on any atom is 0.248 e. The number of hydrogen-bond acceptors (Lipinski definition) is 7. The summed E-state index contributed by atoms with van der Waals surface area (Å²) in [6.07, 6.45) is 4.62. The fourth-order valence-corrected chi connectivity index (χ4v) is 4.55. The number of pyridine rings is 1. The lowest BCUT2D eigenvalue weighted by atomic mass is 10.1. The van der Waals surface area contributed by atoms with E-state index in [2.05, 4.69) is 14.6 Å². The Kier molecular flexibility index (Phi) is 6.67. The van der Waals surface area contributed by atoms with Crippen LogP contribution in [0.15, 0.2) is 67.0 Å². The summed E-state index contributed by atoms with van der Waals surface area (Å²) < 4.78 is 29.4. The summed E-state index contributed by atoms with van der Waals surface area (Å²) in [5, 5.41) is 13.4. The maximum atomic E-state index is 14.2. The number of nitrogens with zero attached hydrogens (tertiary/aromatic N) is 6. The molecule has 1 fully saturated rings. The van der Waals surface area contributed by atoms with Gasteiger partial charge in [0.15, 0.2) is 0 Å². The summed E-state index contributed by atoms with van der Waals surface area (Å²) in [6, 6.07) is 16.7. The number of hydrogen-bond donors (Lipinski definition) is 1. The van der Waals surface area contributed by atoms with E-state index in [9.17, 15) is 9.18 Å². The van der Waals surface area contributed by atoms with E-state index >= 15 is 0 Å². The monoisotopic (exact) mass is 537 g/mol. The van der Waals surface area contributed by atoms with E-state index < -0.39 is 11.7 Å². The van der Waals surface area contributed by atoms with Gasteiger partial charge in [-0.3, -0.25) is 9.48 Å². The Hall–Kier alpha value is -5.08. The van der Waals surface area contributed by atoms with Gasteiger partial charge in [-0.1, -0.05) is 12.1 Å². The van der Waals surface area contributed by atoms with Gasteiger partial charge in [0.1, 0.15) is 18.2 Å². The summed E-state index contributed by atoms with van der Waals surface area (Å²) in [5.74, 6) is 0.114. The van der Waals surface area contributed by atoms with Crippen LogP contribution in [0.4, 0.5) is 4.39 Å². The Morgan fingerprint density at radius 3 is 2.83 bits per heavy atom. The number of carbonyl (C=O) groups is 1.